The maximum Gasteiger partial charge on any atom is 0.323 e. The molecule has 0 saturated carbocycles. The molecule has 3 rings (SSSR count). The van der Waals surface area contributed by atoms with Crippen LogP contribution in [0, 0.1) is 0 Å². The van der Waals surface area contributed by atoms with Crippen molar-refractivity contribution in [1.29, 1.82) is 0 Å². The van der Waals surface area contributed by atoms with Crippen LogP contribution in [0.2, 0.25) is 0 Å². The summed E-state index contributed by atoms with van der Waals surface area (Å²) in [5.41, 5.74) is 0.679. The predicted molar refractivity (Wildman–Crippen MR) is 94.8 cm³/mol. The molecule has 8 heteroatoms. The Bertz CT molecular complexity index is 904. The molecule has 27 heavy (non-hydrogen) atoms. The molecule has 1 heterocycles. The third-order valence-corrected chi connectivity index (χ3v) is 4.14. The Hall–Kier alpha value is -3.68. The Morgan fingerprint density at radius 2 is 1.56 bits per heavy atom. The van der Waals surface area contributed by atoms with E-state index >= 15 is 0 Å². The summed E-state index contributed by atoms with van der Waals surface area (Å²) in [6.07, 6.45) is 0. The van der Waals surface area contributed by atoms with Gasteiger partial charge in [0.15, 0.2) is 0 Å². The number of carbonyl (C=O) groups is 4. The maximum atomic E-state index is 12.8. The van der Waals surface area contributed by atoms with Gasteiger partial charge in [-0.15, -0.1) is 0 Å². The normalized spacial score (nSPS) is 12.7. The number of methoxy groups -OCH3 is 1. The number of carbonyl (C=O) groups excluding carboxylic acids is 3. The molecule has 0 aromatic heterocycles. The Kier molecular flexibility index (Phi) is 4.89. The fourth-order valence-electron chi connectivity index (χ4n) is 2.90. The van der Waals surface area contributed by atoms with E-state index < -0.39 is 36.8 Å². The van der Waals surface area contributed by atoms with Gasteiger partial charge in [-0.05, 0) is 24.3 Å². The van der Waals surface area contributed by atoms with Crippen molar-refractivity contribution in [3.8, 4) is 5.75 Å². The molecular formula is C19H16N2O6. The number of aliphatic carboxylic acids is 1. The van der Waals surface area contributed by atoms with Crippen LogP contribution in [-0.2, 0) is 9.59 Å². The highest BCUT2D eigenvalue weighted by Crippen LogP contribution is 2.28. The van der Waals surface area contributed by atoms with Crippen LogP contribution in [-0.4, -0.2) is 53.9 Å². The Morgan fingerprint density at radius 1 is 1.00 bits per heavy atom. The number of hydrogen-bond acceptors (Lipinski definition) is 5. The molecule has 3 amide bonds. The summed E-state index contributed by atoms with van der Waals surface area (Å²) in [6.45, 7) is -1.21. The van der Waals surface area contributed by atoms with E-state index in [0.717, 1.165) is 9.80 Å². The molecule has 0 unspecified atom stereocenters. The van der Waals surface area contributed by atoms with Crippen molar-refractivity contribution < 1.29 is 29.0 Å². The molecule has 2 aromatic carbocycles. The summed E-state index contributed by atoms with van der Waals surface area (Å²) in [5.74, 6) is -2.82. The monoisotopic (exact) mass is 368 g/mol. The van der Waals surface area contributed by atoms with E-state index in [1.807, 2.05) is 0 Å². The highest BCUT2D eigenvalue weighted by atomic mass is 16.5. The van der Waals surface area contributed by atoms with E-state index in [-0.39, 0.29) is 16.8 Å². The van der Waals surface area contributed by atoms with Crippen LogP contribution in [0.1, 0.15) is 20.7 Å². The van der Waals surface area contributed by atoms with Gasteiger partial charge in [0, 0.05) is 0 Å². The molecule has 0 aliphatic carbocycles. The fraction of sp³-hybridized carbons (Fsp3) is 0.158. The summed E-state index contributed by atoms with van der Waals surface area (Å²) in [5, 5.41) is 9.18. The summed E-state index contributed by atoms with van der Waals surface area (Å²) in [6, 6.07) is 12.7. The second-order valence-corrected chi connectivity index (χ2v) is 5.79. The highest BCUT2D eigenvalue weighted by molar-refractivity contribution is 6.22. The topological polar surface area (TPSA) is 104 Å². The van der Waals surface area contributed by atoms with Crippen LogP contribution in [0.15, 0.2) is 48.5 Å². The zero-order valence-corrected chi connectivity index (χ0v) is 14.4. The average molecular weight is 368 g/mol. The highest BCUT2D eigenvalue weighted by Gasteiger charge is 2.37. The third-order valence-electron chi connectivity index (χ3n) is 4.14. The second-order valence-electron chi connectivity index (χ2n) is 5.79. The van der Waals surface area contributed by atoms with Crippen LogP contribution < -0.4 is 9.64 Å². The number of amides is 3. The van der Waals surface area contributed by atoms with Crippen molar-refractivity contribution in [2.75, 3.05) is 25.1 Å². The van der Waals surface area contributed by atoms with Crippen molar-refractivity contribution in [1.82, 2.24) is 4.90 Å². The van der Waals surface area contributed by atoms with Gasteiger partial charge in [0.25, 0.3) is 11.8 Å². The molecule has 2 aromatic rings. The first-order valence-electron chi connectivity index (χ1n) is 8.04. The number of benzene rings is 2. The number of imide groups is 1. The number of para-hydroxylation sites is 2. The average Bonchev–Trinajstić information content (AvgIpc) is 2.91. The minimum Gasteiger partial charge on any atom is -0.495 e. The Morgan fingerprint density at radius 3 is 2.11 bits per heavy atom. The lowest BCUT2D eigenvalue weighted by atomic mass is 10.1. The van der Waals surface area contributed by atoms with Gasteiger partial charge in [-0.3, -0.25) is 29.0 Å². The molecule has 1 N–H and O–H groups in total. The van der Waals surface area contributed by atoms with Crippen LogP contribution >= 0.6 is 0 Å². The first kappa shape index (κ1) is 18.1. The van der Waals surface area contributed by atoms with Gasteiger partial charge in [-0.2, -0.15) is 0 Å². The van der Waals surface area contributed by atoms with E-state index in [1.54, 1.807) is 30.3 Å². The number of nitrogens with zero attached hydrogens (tertiary/aromatic N) is 2. The molecule has 138 valence electrons. The Labute approximate surface area is 154 Å². The van der Waals surface area contributed by atoms with E-state index in [1.165, 1.54) is 25.3 Å². The van der Waals surface area contributed by atoms with Crippen LogP contribution in [0.4, 0.5) is 5.69 Å². The van der Waals surface area contributed by atoms with E-state index in [4.69, 9.17) is 4.74 Å². The Balaban J connectivity index is 1.89. The summed E-state index contributed by atoms with van der Waals surface area (Å²) in [7, 11) is 1.40. The molecular weight excluding hydrogens is 352 g/mol. The van der Waals surface area contributed by atoms with Gasteiger partial charge >= 0.3 is 5.97 Å². The SMILES string of the molecule is COc1ccccc1N(CC(=O)O)C(=O)CN1C(=O)c2ccccc2C1=O. The van der Waals surface area contributed by atoms with E-state index in [0.29, 0.717) is 5.75 Å². The smallest absolute Gasteiger partial charge is 0.323 e. The van der Waals surface area contributed by atoms with Gasteiger partial charge in [0.2, 0.25) is 5.91 Å². The van der Waals surface area contributed by atoms with Crippen molar-refractivity contribution >= 4 is 29.4 Å². The minimum atomic E-state index is -1.24. The molecule has 0 fully saturated rings. The summed E-state index contributed by atoms with van der Waals surface area (Å²) >= 11 is 0. The van der Waals surface area contributed by atoms with Gasteiger partial charge in [0.05, 0.1) is 23.9 Å². The number of carboxylic acids is 1. The number of fused-ring (bicyclic) bond motifs is 1. The predicted octanol–water partition coefficient (Wildman–Crippen LogP) is 1.41. The molecule has 0 atom stereocenters. The molecule has 8 nitrogen and oxygen atoms in total. The number of anilines is 1. The van der Waals surface area contributed by atoms with Crippen LogP contribution in [0.3, 0.4) is 0 Å². The number of carboxylic acid groups (broad SMARTS) is 1. The van der Waals surface area contributed by atoms with Gasteiger partial charge in [-0.25, -0.2) is 0 Å². The van der Waals surface area contributed by atoms with Crippen LogP contribution in [0.5, 0.6) is 5.75 Å². The first-order valence-corrected chi connectivity index (χ1v) is 8.04. The quantitative estimate of drug-likeness (QED) is 0.773. The minimum absolute atomic E-state index is 0.220. The molecule has 0 bridgehead atoms. The maximum absolute atomic E-state index is 12.8. The van der Waals surface area contributed by atoms with Crippen LogP contribution in [0.25, 0.3) is 0 Å². The second kappa shape index (κ2) is 7.28. The zero-order valence-electron chi connectivity index (χ0n) is 14.4. The van der Waals surface area contributed by atoms with E-state index in [2.05, 4.69) is 0 Å². The molecule has 0 radical (unpaired) electrons. The van der Waals surface area contributed by atoms with Crippen molar-refractivity contribution in [3.63, 3.8) is 0 Å². The van der Waals surface area contributed by atoms with Crippen molar-refractivity contribution in [2.24, 2.45) is 0 Å². The lowest BCUT2D eigenvalue weighted by Crippen LogP contribution is -2.44. The molecule has 0 spiro atoms. The van der Waals surface area contributed by atoms with Crippen molar-refractivity contribution in [2.45, 2.75) is 0 Å². The molecule has 1 aliphatic heterocycles. The fourth-order valence-corrected chi connectivity index (χ4v) is 2.90. The lowest BCUT2D eigenvalue weighted by molar-refractivity contribution is -0.136. The number of rotatable bonds is 6. The van der Waals surface area contributed by atoms with Crippen molar-refractivity contribution in [3.05, 3.63) is 59.7 Å². The largest absolute Gasteiger partial charge is 0.495 e. The molecule has 1 aliphatic rings. The number of ether oxygens (including phenoxy) is 1. The van der Waals surface area contributed by atoms with Gasteiger partial charge in [-0.1, -0.05) is 24.3 Å². The first-order chi connectivity index (χ1) is 12.9. The third kappa shape index (κ3) is 3.37. The summed E-state index contributed by atoms with van der Waals surface area (Å²) in [4.78, 5) is 50.7. The molecule has 0 saturated heterocycles. The lowest BCUT2D eigenvalue weighted by Gasteiger charge is -2.24. The van der Waals surface area contributed by atoms with E-state index in [9.17, 15) is 24.3 Å². The zero-order chi connectivity index (χ0) is 19.6. The number of hydrogen-bond donors (Lipinski definition) is 1. The van der Waals surface area contributed by atoms with Gasteiger partial charge < -0.3 is 9.84 Å². The summed E-state index contributed by atoms with van der Waals surface area (Å²) < 4.78 is 5.19. The van der Waals surface area contributed by atoms with Gasteiger partial charge in [0.1, 0.15) is 18.8 Å². The standard InChI is InChI=1S/C19H16N2O6/c1-27-15-9-5-4-8-14(15)20(11-17(23)24)16(22)10-21-18(25)12-6-2-3-7-13(12)19(21)26/h2-9H,10-11H2,1H3,(H,23,24).